The second-order valence-electron chi connectivity index (χ2n) is 9.04. The Balaban J connectivity index is 1.72. The molecule has 0 heterocycles. The van der Waals surface area contributed by atoms with Crippen LogP contribution in [-0.4, -0.2) is 11.6 Å². The van der Waals surface area contributed by atoms with Crippen LogP contribution in [0, 0.1) is 28.6 Å². The lowest BCUT2D eigenvalue weighted by Gasteiger charge is -2.53. The molecule has 130 valence electrons. The Kier molecular flexibility index (Phi) is 3.67. The second kappa shape index (κ2) is 5.41. The van der Waals surface area contributed by atoms with Gasteiger partial charge in [-0.1, -0.05) is 38.0 Å². The zero-order chi connectivity index (χ0) is 17.1. The molecule has 4 aliphatic rings. The van der Waals surface area contributed by atoms with Crippen LogP contribution in [0.5, 0.6) is 0 Å². The predicted octanol–water partition coefficient (Wildman–Crippen LogP) is 5.03. The molecule has 2 fully saturated rings. The van der Waals surface area contributed by atoms with Gasteiger partial charge < -0.3 is 0 Å². The molecule has 0 radical (unpaired) electrons. The van der Waals surface area contributed by atoms with E-state index in [9.17, 15) is 9.59 Å². The monoisotopic (exact) mass is 326 g/mol. The summed E-state index contributed by atoms with van der Waals surface area (Å²) in [6.07, 6.45) is 12.4. The molecule has 0 aliphatic heterocycles. The fraction of sp³-hybridized carbons (Fsp3) is 0.727. The van der Waals surface area contributed by atoms with E-state index in [-0.39, 0.29) is 16.7 Å². The number of carbonyl (C=O) groups excluding carboxylic acids is 2. The minimum absolute atomic E-state index is 0.116. The first-order valence-corrected chi connectivity index (χ1v) is 9.87. The van der Waals surface area contributed by atoms with E-state index in [0.29, 0.717) is 36.2 Å². The summed E-state index contributed by atoms with van der Waals surface area (Å²) < 4.78 is 0. The van der Waals surface area contributed by atoms with E-state index in [1.165, 1.54) is 18.4 Å². The third-order valence-electron chi connectivity index (χ3n) is 8.07. The number of fused-ring (bicyclic) bond motifs is 5. The summed E-state index contributed by atoms with van der Waals surface area (Å²) in [5, 5.41) is 0. The van der Waals surface area contributed by atoms with E-state index in [4.69, 9.17) is 0 Å². The highest BCUT2D eigenvalue weighted by Gasteiger charge is 2.56. The Bertz CT molecular complexity index is 655. The third-order valence-corrected chi connectivity index (χ3v) is 8.07. The minimum Gasteiger partial charge on any atom is -0.299 e. The van der Waals surface area contributed by atoms with Gasteiger partial charge in [0.25, 0.3) is 0 Å². The van der Waals surface area contributed by atoms with E-state index in [2.05, 4.69) is 19.9 Å². The van der Waals surface area contributed by atoms with Gasteiger partial charge in [0, 0.05) is 24.2 Å². The maximum atomic E-state index is 12.5. The Labute approximate surface area is 145 Å². The lowest BCUT2D eigenvalue weighted by atomic mass is 9.51. The molecular weight excluding hydrogens is 296 g/mol. The maximum Gasteiger partial charge on any atom is 0.155 e. The summed E-state index contributed by atoms with van der Waals surface area (Å²) in [5.74, 6) is 2.35. The van der Waals surface area contributed by atoms with Crippen LogP contribution in [0.25, 0.3) is 0 Å². The van der Waals surface area contributed by atoms with Crippen molar-refractivity contribution in [3.8, 4) is 0 Å². The molecule has 0 aromatic heterocycles. The van der Waals surface area contributed by atoms with Gasteiger partial charge in [-0.2, -0.15) is 0 Å². The van der Waals surface area contributed by atoms with Gasteiger partial charge in [0.1, 0.15) is 5.78 Å². The first kappa shape index (κ1) is 16.3. The van der Waals surface area contributed by atoms with Crippen molar-refractivity contribution in [3.05, 3.63) is 23.3 Å². The van der Waals surface area contributed by atoms with E-state index < -0.39 is 0 Å². The maximum absolute atomic E-state index is 12.5. The standard InChI is InChI=1S/C22H30O2/c1-4-20(24)19-8-7-17-16-6-5-14-13-15(23)9-11-21(14,2)18(16)10-12-22(17,19)3/h10,13,16-17,19H,4-9,11-12H2,1-3H3. The zero-order valence-corrected chi connectivity index (χ0v) is 15.4. The quantitative estimate of drug-likeness (QED) is 0.667. The van der Waals surface area contributed by atoms with Crippen molar-refractivity contribution >= 4 is 11.6 Å². The Morgan fingerprint density at radius 3 is 2.75 bits per heavy atom. The van der Waals surface area contributed by atoms with Crippen LogP contribution in [0.2, 0.25) is 0 Å². The molecule has 5 unspecified atom stereocenters. The molecule has 2 saturated carbocycles. The molecule has 2 heteroatoms. The minimum atomic E-state index is 0.116. The van der Waals surface area contributed by atoms with Crippen molar-refractivity contribution in [3.63, 3.8) is 0 Å². The van der Waals surface area contributed by atoms with Gasteiger partial charge in [-0.25, -0.2) is 0 Å². The first-order valence-electron chi connectivity index (χ1n) is 9.87. The highest BCUT2D eigenvalue weighted by atomic mass is 16.1. The van der Waals surface area contributed by atoms with Crippen LogP contribution in [-0.2, 0) is 9.59 Å². The molecule has 0 aromatic rings. The summed E-state index contributed by atoms with van der Waals surface area (Å²) in [6.45, 7) is 6.77. The molecule has 0 amide bonds. The lowest BCUT2D eigenvalue weighted by Crippen LogP contribution is -2.45. The van der Waals surface area contributed by atoms with Gasteiger partial charge >= 0.3 is 0 Å². The van der Waals surface area contributed by atoms with Gasteiger partial charge in [-0.05, 0) is 61.9 Å². The molecule has 4 rings (SSSR count). The van der Waals surface area contributed by atoms with Gasteiger partial charge in [-0.3, -0.25) is 9.59 Å². The molecule has 0 N–H and O–H groups in total. The number of hydrogen-bond acceptors (Lipinski definition) is 2. The SMILES string of the molecule is CCC(=O)C1CCC2C3CCC4=CC(=O)CCC4(C)C3=CCC12C. The Morgan fingerprint density at radius 1 is 1.21 bits per heavy atom. The molecule has 0 saturated heterocycles. The number of rotatable bonds is 2. The molecule has 0 bridgehead atoms. The summed E-state index contributed by atoms with van der Waals surface area (Å²) >= 11 is 0. The van der Waals surface area contributed by atoms with Crippen molar-refractivity contribution in [2.24, 2.45) is 28.6 Å². The first-order chi connectivity index (χ1) is 11.4. The topological polar surface area (TPSA) is 34.1 Å². The molecule has 5 atom stereocenters. The fourth-order valence-electron chi connectivity index (χ4n) is 6.63. The molecule has 2 nitrogen and oxygen atoms in total. The number of allylic oxidation sites excluding steroid dienone is 4. The number of ketones is 2. The molecule has 0 aromatic carbocycles. The molecule has 0 spiro atoms. The van der Waals surface area contributed by atoms with Crippen LogP contribution >= 0.6 is 0 Å². The second-order valence-corrected chi connectivity index (χ2v) is 9.04. The van der Waals surface area contributed by atoms with E-state index in [1.54, 1.807) is 5.57 Å². The summed E-state index contributed by atoms with van der Waals surface area (Å²) in [5.41, 5.74) is 3.28. The average molecular weight is 326 g/mol. The van der Waals surface area contributed by atoms with Crippen molar-refractivity contribution in [2.75, 3.05) is 0 Å². The number of Topliss-reactive ketones (excluding diaryl/α,β-unsaturated/α-hetero) is 1. The van der Waals surface area contributed by atoms with Gasteiger partial charge in [-0.15, -0.1) is 0 Å². The van der Waals surface area contributed by atoms with E-state index in [0.717, 1.165) is 25.7 Å². The van der Waals surface area contributed by atoms with Gasteiger partial charge in [0.2, 0.25) is 0 Å². The lowest BCUT2D eigenvalue weighted by molar-refractivity contribution is -0.126. The predicted molar refractivity (Wildman–Crippen MR) is 95.5 cm³/mol. The smallest absolute Gasteiger partial charge is 0.155 e. The fourth-order valence-corrected chi connectivity index (χ4v) is 6.63. The van der Waals surface area contributed by atoms with Crippen LogP contribution < -0.4 is 0 Å². The molecule has 4 aliphatic carbocycles. The van der Waals surface area contributed by atoms with E-state index in [1.807, 2.05) is 13.0 Å². The van der Waals surface area contributed by atoms with Crippen LogP contribution in [0.15, 0.2) is 23.3 Å². The average Bonchev–Trinajstić information content (AvgIpc) is 2.92. The zero-order valence-electron chi connectivity index (χ0n) is 15.4. The summed E-state index contributed by atoms with van der Waals surface area (Å²) in [7, 11) is 0. The highest BCUT2D eigenvalue weighted by molar-refractivity contribution is 5.92. The molecule has 24 heavy (non-hydrogen) atoms. The normalized spacial score (nSPS) is 44.1. The Morgan fingerprint density at radius 2 is 2.00 bits per heavy atom. The van der Waals surface area contributed by atoms with Crippen LogP contribution in [0.3, 0.4) is 0 Å². The number of carbonyl (C=O) groups is 2. The van der Waals surface area contributed by atoms with Crippen molar-refractivity contribution in [1.82, 2.24) is 0 Å². The third kappa shape index (κ3) is 2.07. The largest absolute Gasteiger partial charge is 0.299 e. The van der Waals surface area contributed by atoms with Crippen LogP contribution in [0.4, 0.5) is 0 Å². The summed E-state index contributed by atoms with van der Waals surface area (Å²) in [6, 6.07) is 0. The Hall–Kier alpha value is -1.18. The highest BCUT2D eigenvalue weighted by Crippen LogP contribution is 2.64. The van der Waals surface area contributed by atoms with Gasteiger partial charge in [0.15, 0.2) is 5.78 Å². The molecular formula is C22H30O2. The summed E-state index contributed by atoms with van der Waals surface area (Å²) in [4.78, 5) is 24.4. The van der Waals surface area contributed by atoms with Crippen molar-refractivity contribution in [1.29, 1.82) is 0 Å². The van der Waals surface area contributed by atoms with Crippen molar-refractivity contribution < 1.29 is 9.59 Å². The van der Waals surface area contributed by atoms with Crippen LogP contribution in [0.1, 0.15) is 72.1 Å². The van der Waals surface area contributed by atoms with E-state index >= 15 is 0 Å². The van der Waals surface area contributed by atoms with Gasteiger partial charge in [0.05, 0.1) is 0 Å². The van der Waals surface area contributed by atoms with Crippen molar-refractivity contribution in [2.45, 2.75) is 72.1 Å². The number of hydrogen-bond donors (Lipinski definition) is 0.